The van der Waals surface area contributed by atoms with Crippen molar-refractivity contribution in [3.8, 4) is 0 Å². The van der Waals surface area contributed by atoms with Crippen LogP contribution in [0.2, 0.25) is 0 Å². The van der Waals surface area contributed by atoms with Gasteiger partial charge in [0.05, 0.1) is 11.3 Å². The summed E-state index contributed by atoms with van der Waals surface area (Å²) < 4.78 is 40.1. The number of halogens is 3. The molecule has 0 amide bonds. The summed E-state index contributed by atoms with van der Waals surface area (Å²) in [5.41, 5.74) is -0.921. The number of nitrogens with one attached hydrogen (secondary N) is 1. The summed E-state index contributed by atoms with van der Waals surface area (Å²) in [5.74, 6) is 0. The molecular weight excluding hydrogens is 337 g/mol. The van der Waals surface area contributed by atoms with Crippen LogP contribution in [0.25, 0.3) is 11.0 Å². The monoisotopic (exact) mass is 350 g/mol. The Kier molecular flexibility index (Phi) is 3.86. The molecule has 0 aliphatic heterocycles. The van der Waals surface area contributed by atoms with Crippen LogP contribution in [0.1, 0.15) is 5.56 Å². The second-order valence-electron chi connectivity index (χ2n) is 5.46. The number of alkyl halides is 3. The van der Waals surface area contributed by atoms with Crippen molar-refractivity contribution in [2.45, 2.75) is 6.18 Å². The first-order valence-electron chi connectivity index (χ1n) is 7.19. The number of anilines is 2. The van der Waals surface area contributed by atoms with E-state index in [9.17, 15) is 22.8 Å². The lowest BCUT2D eigenvalue weighted by atomic mass is 10.2. The molecule has 0 fully saturated rings. The highest BCUT2D eigenvalue weighted by atomic mass is 19.4. The van der Waals surface area contributed by atoms with Gasteiger partial charge in [-0.3, -0.25) is 13.9 Å². The molecule has 1 aromatic carbocycles. The molecule has 3 rings (SSSR count). The summed E-state index contributed by atoms with van der Waals surface area (Å²) in [6.45, 7) is 0. The van der Waals surface area contributed by atoms with E-state index >= 15 is 0 Å². The van der Waals surface area contributed by atoms with Crippen molar-refractivity contribution in [3.05, 3.63) is 62.9 Å². The fourth-order valence-corrected chi connectivity index (χ4v) is 2.49. The number of hydrogen-bond acceptors (Lipinski definition) is 4. The number of aryl methyl sites for hydroxylation is 1. The molecule has 25 heavy (non-hydrogen) atoms. The van der Waals surface area contributed by atoms with Crippen molar-refractivity contribution >= 4 is 22.4 Å². The van der Waals surface area contributed by atoms with E-state index in [0.717, 1.165) is 16.7 Å². The van der Waals surface area contributed by atoms with Crippen molar-refractivity contribution in [1.29, 1.82) is 0 Å². The first kappa shape index (κ1) is 16.7. The number of pyridine rings is 1. The molecule has 2 aromatic heterocycles. The van der Waals surface area contributed by atoms with Gasteiger partial charge in [-0.15, -0.1) is 0 Å². The Labute approximate surface area is 139 Å². The Bertz CT molecular complexity index is 1070. The second kappa shape index (κ2) is 5.76. The summed E-state index contributed by atoms with van der Waals surface area (Å²) in [7, 11) is 2.83. The summed E-state index contributed by atoms with van der Waals surface area (Å²) >= 11 is 0. The summed E-state index contributed by atoms with van der Waals surface area (Å²) in [4.78, 5) is 28.4. The van der Waals surface area contributed by atoms with Crippen LogP contribution >= 0.6 is 0 Å². The Morgan fingerprint density at radius 3 is 2.24 bits per heavy atom. The SMILES string of the molecule is Cn1c(=O)c2c(Nc3ccc(C(F)(F)F)cc3)ccnc2n(C)c1=O. The topological polar surface area (TPSA) is 68.9 Å². The summed E-state index contributed by atoms with van der Waals surface area (Å²) in [6, 6.07) is 5.94. The molecule has 0 atom stereocenters. The molecule has 0 spiro atoms. The minimum atomic E-state index is -4.42. The van der Waals surface area contributed by atoms with Crippen LogP contribution < -0.4 is 16.6 Å². The second-order valence-corrected chi connectivity index (χ2v) is 5.46. The normalized spacial score (nSPS) is 11.7. The van der Waals surface area contributed by atoms with Crippen LogP contribution in [0.15, 0.2) is 46.1 Å². The first-order valence-corrected chi connectivity index (χ1v) is 7.19. The van der Waals surface area contributed by atoms with Gasteiger partial charge >= 0.3 is 11.9 Å². The largest absolute Gasteiger partial charge is 0.416 e. The number of benzene rings is 1. The van der Waals surface area contributed by atoms with Crippen LogP contribution in [-0.4, -0.2) is 14.1 Å². The van der Waals surface area contributed by atoms with Crippen LogP contribution in [0, 0.1) is 0 Å². The van der Waals surface area contributed by atoms with Crippen LogP contribution in [0.3, 0.4) is 0 Å². The Balaban J connectivity index is 2.11. The highest BCUT2D eigenvalue weighted by Gasteiger charge is 2.29. The number of nitrogens with zero attached hydrogens (tertiary/aromatic N) is 3. The molecule has 9 heteroatoms. The molecule has 130 valence electrons. The zero-order valence-electron chi connectivity index (χ0n) is 13.3. The average Bonchev–Trinajstić information content (AvgIpc) is 2.57. The maximum absolute atomic E-state index is 12.6. The van der Waals surface area contributed by atoms with Gasteiger partial charge in [0.1, 0.15) is 5.39 Å². The third-order valence-electron chi connectivity index (χ3n) is 3.83. The lowest BCUT2D eigenvalue weighted by Crippen LogP contribution is -2.37. The molecule has 3 aromatic rings. The molecule has 1 N–H and O–H groups in total. The number of fused-ring (bicyclic) bond motifs is 1. The van der Waals surface area contributed by atoms with Crippen molar-refractivity contribution < 1.29 is 13.2 Å². The molecular formula is C16H13F3N4O2. The lowest BCUT2D eigenvalue weighted by molar-refractivity contribution is -0.137. The fraction of sp³-hybridized carbons (Fsp3) is 0.188. The molecule has 0 aliphatic carbocycles. The summed E-state index contributed by atoms with van der Waals surface area (Å²) in [6.07, 6.45) is -3.01. The van der Waals surface area contributed by atoms with Gasteiger partial charge in [-0.05, 0) is 30.3 Å². The highest BCUT2D eigenvalue weighted by Crippen LogP contribution is 2.30. The molecule has 0 bridgehead atoms. The highest BCUT2D eigenvalue weighted by molar-refractivity contribution is 5.90. The van der Waals surface area contributed by atoms with Gasteiger partial charge in [0.2, 0.25) is 0 Å². The fourth-order valence-electron chi connectivity index (χ4n) is 2.49. The predicted octanol–water partition coefficient (Wildman–Crippen LogP) is 2.39. The smallest absolute Gasteiger partial charge is 0.355 e. The van der Waals surface area contributed by atoms with Gasteiger partial charge in [-0.1, -0.05) is 0 Å². The minimum absolute atomic E-state index is 0.173. The van der Waals surface area contributed by atoms with Gasteiger partial charge in [0.25, 0.3) is 5.56 Å². The van der Waals surface area contributed by atoms with E-state index in [1.54, 1.807) is 0 Å². The Hall–Kier alpha value is -3.10. The van der Waals surface area contributed by atoms with E-state index in [1.165, 1.54) is 43.1 Å². The minimum Gasteiger partial charge on any atom is -0.355 e. The third-order valence-corrected chi connectivity index (χ3v) is 3.83. The Morgan fingerprint density at radius 2 is 1.64 bits per heavy atom. The molecule has 0 aliphatic rings. The van der Waals surface area contributed by atoms with Crippen LogP contribution in [0.5, 0.6) is 0 Å². The molecule has 6 nitrogen and oxygen atoms in total. The summed E-state index contributed by atoms with van der Waals surface area (Å²) in [5, 5.41) is 3.08. The number of aromatic nitrogens is 3. The van der Waals surface area contributed by atoms with E-state index in [2.05, 4.69) is 10.3 Å². The number of rotatable bonds is 2. The van der Waals surface area contributed by atoms with Crippen molar-refractivity contribution in [2.75, 3.05) is 5.32 Å². The number of hydrogen-bond donors (Lipinski definition) is 1. The lowest BCUT2D eigenvalue weighted by Gasteiger charge is -2.13. The Morgan fingerprint density at radius 1 is 1.00 bits per heavy atom. The van der Waals surface area contributed by atoms with Crippen molar-refractivity contribution in [2.24, 2.45) is 14.1 Å². The van der Waals surface area contributed by atoms with Crippen molar-refractivity contribution in [3.63, 3.8) is 0 Å². The average molecular weight is 350 g/mol. The molecule has 2 heterocycles. The van der Waals surface area contributed by atoms with E-state index in [1.807, 2.05) is 0 Å². The molecule has 0 unspecified atom stereocenters. The van der Waals surface area contributed by atoms with Crippen molar-refractivity contribution in [1.82, 2.24) is 14.1 Å². The van der Waals surface area contributed by atoms with E-state index in [-0.39, 0.29) is 11.0 Å². The molecule has 0 radical (unpaired) electrons. The standard InChI is InChI=1S/C16H13F3N4O2/c1-22-13-12(14(24)23(2)15(22)25)11(7-8-20-13)21-10-5-3-9(4-6-10)16(17,18)19/h3-8H,1-2H3,(H,20,21). The first-order chi connectivity index (χ1) is 11.7. The predicted molar refractivity (Wildman–Crippen MR) is 87.0 cm³/mol. The van der Waals surface area contributed by atoms with Crippen LogP contribution in [0.4, 0.5) is 24.5 Å². The van der Waals surface area contributed by atoms with Gasteiger partial charge in [0.15, 0.2) is 5.65 Å². The molecule has 0 saturated carbocycles. The molecule has 0 saturated heterocycles. The van der Waals surface area contributed by atoms with Gasteiger partial charge in [-0.2, -0.15) is 13.2 Å². The van der Waals surface area contributed by atoms with Gasteiger partial charge in [-0.25, -0.2) is 9.78 Å². The van der Waals surface area contributed by atoms with E-state index in [4.69, 9.17) is 0 Å². The quantitative estimate of drug-likeness (QED) is 0.771. The third kappa shape index (κ3) is 2.88. The maximum atomic E-state index is 12.6. The maximum Gasteiger partial charge on any atom is 0.416 e. The zero-order valence-corrected chi connectivity index (χ0v) is 13.3. The zero-order chi connectivity index (χ0) is 18.4. The van der Waals surface area contributed by atoms with Gasteiger partial charge in [0, 0.05) is 26.0 Å². The van der Waals surface area contributed by atoms with E-state index in [0.29, 0.717) is 11.4 Å². The van der Waals surface area contributed by atoms with Crippen LogP contribution in [-0.2, 0) is 20.3 Å². The van der Waals surface area contributed by atoms with Gasteiger partial charge < -0.3 is 5.32 Å². The van der Waals surface area contributed by atoms with E-state index < -0.39 is 23.0 Å².